The van der Waals surface area contributed by atoms with Crippen LogP contribution in [0.4, 0.5) is 0 Å². The molecule has 5 nitrogen and oxygen atoms in total. The highest BCUT2D eigenvalue weighted by molar-refractivity contribution is 14.1. The Hall–Kier alpha value is -0.630. The van der Waals surface area contributed by atoms with Crippen LogP contribution in [-0.4, -0.2) is 44.6 Å². The summed E-state index contributed by atoms with van der Waals surface area (Å²) in [5.74, 6) is 0.343. The number of H-pyrrole nitrogens is 1. The van der Waals surface area contributed by atoms with Crippen LogP contribution in [0.5, 0.6) is 0 Å². The Balaban J connectivity index is 2.04. The number of hydrogen-bond acceptors (Lipinski definition) is 3. The van der Waals surface area contributed by atoms with E-state index in [1.807, 2.05) is 0 Å². The van der Waals surface area contributed by atoms with Crippen LogP contribution < -0.4 is 0 Å². The smallest absolute Gasteiger partial charge is 0.289 e. The number of halogens is 1. The van der Waals surface area contributed by atoms with E-state index in [1.54, 1.807) is 17.3 Å². The summed E-state index contributed by atoms with van der Waals surface area (Å²) in [5.41, 5.74) is 0. The largest absolute Gasteiger partial charge is 0.364 e. The summed E-state index contributed by atoms with van der Waals surface area (Å²) in [4.78, 5) is 20.3. The van der Waals surface area contributed by atoms with Gasteiger partial charge in [-0.1, -0.05) is 0 Å². The minimum absolute atomic E-state index is 0.0556. The summed E-state index contributed by atoms with van der Waals surface area (Å²) in [6.45, 7) is 1.86. The molecule has 1 N–H and O–H groups in total. The molecule has 1 aliphatic rings. The topological polar surface area (TPSA) is 58.2 Å². The molecule has 0 bridgehead atoms. The monoisotopic (exact) mass is 307 g/mol. The number of carbonyl (C=O) groups is 1. The number of hydrogen-bond donors (Lipinski definition) is 1. The van der Waals surface area contributed by atoms with Gasteiger partial charge in [-0.15, -0.1) is 0 Å². The van der Waals surface area contributed by atoms with Crippen LogP contribution >= 0.6 is 22.6 Å². The van der Waals surface area contributed by atoms with Crippen LogP contribution in [0.15, 0.2) is 12.4 Å². The van der Waals surface area contributed by atoms with E-state index in [-0.39, 0.29) is 10.0 Å². The summed E-state index contributed by atoms with van der Waals surface area (Å²) in [6.07, 6.45) is 3.23. The number of aromatic nitrogens is 2. The third-order valence-electron chi connectivity index (χ3n) is 2.01. The molecule has 1 amide bonds. The predicted octanol–water partition coefficient (Wildman–Crippen LogP) is 0.643. The maximum absolute atomic E-state index is 11.8. The molecule has 1 aliphatic heterocycles. The number of rotatable bonds is 1. The molecular weight excluding hydrogens is 297 g/mol. The van der Waals surface area contributed by atoms with Crippen molar-refractivity contribution in [1.82, 2.24) is 14.9 Å². The molecule has 14 heavy (non-hydrogen) atoms. The predicted molar refractivity (Wildman–Crippen MR) is 58.3 cm³/mol. The van der Waals surface area contributed by atoms with Crippen molar-refractivity contribution in [3.8, 4) is 0 Å². The first-order chi connectivity index (χ1) is 6.77. The van der Waals surface area contributed by atoms with Gasteiger partial charge in [-0.25, -0.2) is 4.98 Å². The lowest BCUT2D eigenvalue weighted by atomic mass is 10.4. The van der Waals surface area contributed by atoms with Crippen molar-refractivity contribution >= 4 is 28.5 Å². The fourth-order valence-corrected chi connectivity index (χ4v) is 2.05. The average Bonchev–Trinajstić information content (AvgIpc) is 2.69. The summed E-state index contributed by atoms with van der Waals surface area (Å²) in [5, 5.41) is 0. The zero-order valence-electron chi connectivity index (χ0n) is 7.44. The zero-order valence-corrected chi connectivity index (χ0v) is 9.60. The molecule has 1 atom stereocenters. The van der Waals surface area contributed by atoms with Crippen molar-refractivity contribution in [2.45, 2.75) is 4.11 Å². The van der Waals surface area contributed by atoms with Crippen molar-refractivity contribution in [2.75, 3.05) is 19.7 Å². The fraction of sp³-hybridized carbons (Fsp3) is 0.500. The first kappa shape index (κ1) is 9.91. The van der Waals surface area contributed by atoms with Crippen LogP contribution in [0.1, 0.15) is 10.6 Å². The number of carbonyl (C=O) groups excluding carboxylic acids is 1. The van der Waals surface area contributed by atoms with E-state index >= 15 is 0 Å². The first-order valence-corrected chi connectivity index (χ1v) is 5.56. The second-order valence-electron chi connectivity index (χ2n) is 2.97. The second-order valence-corrected chi connectivity index (χ2v) is 4.36. The number of ether oxygens (including phenoxy) is 1. The molecule has 76 valence electrons. The van der Waals surface area contributed by atoms with E-state index in [9.17, 15) is 4.79 Å². The van der Waals surface area contributed by atoms with Gasteiger partial charge in [0.15, 0.2) is 5.82 Å². The molecule has 2 rings (SSSR count). The number of imidazole rings is 1. The van der Waals surface area contributed by atoms with E-state index < -0.39 is 0 Å². The molecule has 1 fully saturated rings. The van der Waals surface area contributed by atoms with Crippen molar-refractivity contribution in [2.24, 2.45) is 0 Å². The van der Waals surface area contributed by atoms with Crippen molar-refractivity contribution in [3.05, 3.63) is 18.2 Å². The van der Waals surface area contributed by atoms with Gasteiger partial charge in [0.1, 0.15) is 4.11 Å². The quantitative estimate of drug-likeness (QED) is 0.612. The van der Waals surface area contributed by atoms with E-state index in [2.05, 4.69) is 32.6 Å². The summed E-state index contributed by atoms with van der Waals surface area (Å²) in [6, 6.07) is 0. The number of aromatic amines is 1. The molecule has 0 saturated carbocycles. The highest BCUT2D eigenvalue weighted by atomic mass is 127. The maximum atomic E-state index is 11.8. The van der Waals surface area contributed by atoms with Gasteiger partial charge in [-0.2, -0.15) is 0 Å². The Morgan fingerprint density at radius 2 is 2.64 bits per heavy atom. The molecule has 0 aromatic carbocycles. The molecule has 0 aliphatic carbocycles. The Bertz CT molecular complexity index is 314. The molecule has 1 saturated heterocycles. The normalized spacial score (nSPS) is 22.4. The fourth-order valence-electron chi connectivity index (χ4n) is 1.32. The standard InChI is InChI=1S/C8H10IN3O2/c9-6-5-12(3-4-14-6)8(13)7-10-1-2-11-7/h1-2,6H,3-5H2,(H,10,11). The minimum atomic E-state index is -0.0556. The van der Waals surface area contributed by atoms with Crippen LogP contribution in [0, 0.1) is 0 Å². The lowest BCUT2D eigenvalue weighted by Crippen LogP contribution is -2.43. The SMILES string of the molecule is O=C(c1ncc[nH]1)N1CCOC(I)C1. The van der Waals surface area contributed by atoms with Crippen molar-refractivity contribution in [3.63, 3.8) is 0 Å². The summed E-state index contributed by atoms with van der Waals surface area (Å²) >= 11 is 2.18. The highest BCUT2D eigenvalue weighted by Crippen LogP contribution is 2.12. The van der Waals surface area contributed by atoms with Crippen LogP contribution in [-0.2, 0) is 4.74 Å². The Morgan fingerprint density at radius 3 is 3.29 bits per heavy atom. The molecule has 1 aromatic rings. The van der Waals surface area contributed by atoms with Gasteiger partial charge in [-0.05, 0) is 22.6 Å². The number of morpholine rings is 1. The van der Waals surface area contributed by atoms with Crippen molar-refractivity contribution in [1.29, 1.82) is 0 Å². The van der Waals surface area contributed by atoms with E-state index in [0.29, 0.717) is 25.5 Å². The number of alkyl halides is 1. The van der Waals surface area contributed by atoms with E-state index in [1.165, 1.54) is 0 Å². The van der Waals surface area contributed by atoms with Crippen LogP contribution in [0.3, 0.4) is 0 Å². The lowest BCUT2D eigenvalue weighted by Gasteiger charge is -2.29. The van der Waals surface area contributed by atoms with Gasteiger partial charge in [0, 0.05) is 18.9 Å². The molecule has 0 radical (unpaired) electrons. The maximum Gasteiger partial charge on any atom is 0.289 e. The van der Waals surface area contributed by atoms with Gasteiger partial charge >= 0.3 is 0 Å². The first-order valence-electron chi connectivity index (χ1n) is 4.31. The average molecular weight is 307 g/mol. The Kier molecular flexibility index (Phi) is 3.02. The zero-order chi connectivity index (χ0) is 9.97. The number of amides is 1. The Labute approximate surface area is 95.0 Å². The van der Waals surface area contributed by atoms with E-state index in [0.717, 1.165) is 0 Å². The van der Waals surface area contributed by atoms with Crippen molar-refractivity contribution < 1.29 is 9.53 Å². The van der Waals surface area contributed by atoms with Gasteiger partial charge in [-0.3, -0.25) is 4.79 Å². The molecule has 2 heterocycles. The third kappa shape index (κ3) is 2.06. The molecule has 6 heteroatoms. The van der Waals surface area contributed by atoms with E-state index in [4.69, 9.17) is 4.74 Å². The molecule has 0 spiro atoms. The highest BCUT2D eigenvalue weighted by Gasteiger charge is 2.24. The molecule has 1 aromatic heterocycles. The second kappa shape index (κ2) is 4.26. The summed E-state index contributed by atoms with van der Waals surface area (Å²) in [7, 11) is 0. The molecular formula is C8H10IN3O2. The van der Waals surface area contributed by atoms with Crippen LogP contribution in [0.25, 0.3) is 0 Å². The van der Waals surface area contributed by atoms with Gasteiger partial charge in [0.05, 0.1) is 13.2 Å². The number of nitrogens with zero attached hydrogens (tertiary/aromatic N) is 2. The minimum Gasteiger partial charge on any atom is -0.364 e. The Morgan fingerprint density at radius 1 is 1.79 bits per heavy atom. The van der Waals surface area contributed by atoms with Gasteiger partial charge in [0.25, 0.3) is 5.91 Å². The summed E-state index contributed by atoms with van der Waals surface area (Å²) < 4.78 is 5.42. The lowest BCUT2D eigenvalue weighted by molar-refractivity contribution is 0.0224. The number of nitrogens with one attached hydrogen (secondary N) is 1. The third-order valence-corrected chi connectivity index (χ3v) is 2.77. The van der Waals surface area contributed by atoms with Gasteiger partial charge in [0.2, 0.25) is 0 Å². The van der Waals surface area contributed by atoms with Crippen LogP contribution in [0.2, 0.25) is 0 Å². The molecule has 1 unspecified atom stereocenters. The van der Waals surface area contributed by atoms with Gasteiger partial charge < -0.3 is 14.6 Å².